The molecule has 0 saturated carbocycles. The molecule has 0 radical (unpaired) electrons. The molecule has 2 atom stereocenters. The van der Waals surface area contributed by atoms with Gasteiger partial charge in [0, 0.05) is 10.4 Å². The Kier molecular flexibility index (Phi) is 5.87. The van der Waals surface area contributed by atoms with E-state index in [2.05, 4.69) is 21.2 Å². The topological polar surface area (TPSA) is 52.9 Å². The second kappa shape index (κ2) is 7.17. The van der Waals surface area contributed by atoms with Crippen molar-refractivity contribution in [1.29, 1.82) is 5.26 Å². The zero-order chi connectivity index (χ0) is 13.5. The SMILES string of the molecule is CC[C@@H](Cc1ccccc1Br)C(=O)N[C@H](C)C#N. The predicted molar refractivity (Wildman–Crippen MR) is 74.8 cm³/mol. The molecule has 0 saturated heterocycles. The van der Waals surface area contributed by atoms with Gasteiger partial charge in [0.05, 0.1) is 6.07 Å². The summed E-state index contributed by atoms with van der Waals surface area (Å²) >= 11 is 3.48. The first-order valence-electron chi connectivity index (χ1n) is 6.01. The Bertz CT molecular complexity index is 453. The molecule has 0 fully saturated rings. The van der Waals surface area contributed by atoms with Gasteiger partial charge in [-0.1, -0.05) is 41.1 Å². The third-order valence-corrected chi connectivity index (χ3v) is 3.61. The van der Waals surface area contributed by atoms with Crippen molar-refractivity contribution in [3.8, 4) is 6.07 Å². The Morgan fingerprint density at radius 3 is 2.72 bits per heavy atom. The van der Waals surface area contributed by atoms with E-state index in [0.717, 1.165) is 16.5 Å². The maximum atomic E-state index is 12.0. The maximum Gasteiger partial charge on any atom is 0.224 e. The molecular formula is C14H17BrN2O. The molecule has 1 rings (SSSR count). The second-order valence-electron chi connectivity index (χ2n) is 4.26. The van der Waals surface area contributed by atoms with E-state index >= 15 is 0 Å². The van der Waals surface area contributed by atoms with Gasteiger partial charge >= 0.3 is 0 Å². The molecule has 0 heterocycles. The number of nitrogens with zero attached hydrogens (tertiary/aromatic N) is 1. The molecular weight excluding hydrogens is 292 g/mol. The lowest BCUT2D eigenvalue weighted by molar-refractivity contribution is -0.125. The average Bonchev–Trinajstić information content (AvgIpc) is 2.37. The zero-order valence-electron chi connectivity index (χ0n) is 10.6. The van der Waals surface area contributed by atoms with E-state index in [1.54, 1.807) is 6.92 Å². The summed E-state index contributed by atoms with van der Waals surface area (Å²) in [6, 6.07) is 9.46. The number of carbonyl (C=O) groups is 1. The molecule has 1 aromatic rings. The summed E-state index contributed by atoms with van der Waals surface area (Å²) in [5.74, 6) is -0.151. The van der Waals surface area contributed by atoms with Crippen LogP contribution in [0.1, 0.15) is 25.8 Å². The molecule has 0 aliphatic carbocycles. The van der Waals surface area contributed by atoms with Gasteiger partial charge in [0.25, 0.3) is 0 Å². The Hall–Kier alpha value is -1.34. The van der Waals surface area contributed by atoms with Crippen LogP contribution in [0.5, 0.6) is 0 Å². The molecule has 3 nitrogen and oxygen atoms in total. The van der Waals surface area contributed by atoms with Crippen molar-refractivity contribution in [3.63, 3.8) is 0 Å². The summed E-state index contributed by atoms with van der Waals surface area (Å²) in [6.07, 6.45) is 1.44. The van der Waals surface area contributed by atoms with Gasteiger partial charge in [-0.05, 0) is 31.4 Å². The second-order valence-corrected chi connectivity index (χ2v) is 5.11. The number of amides is 1. The first-order valence-corrected chi connectivity index (χ1v) is 6.81. The summed E-state index contributed by atoms with van der Waals surface area (Å²) < 4.78 is 1.02. The van der Waals surface area contributed by atoms with Gasteiger partial charge in [-0.15, -0.1) is 0 Å². The van der Waals surface area contributed by atoms with Crippen LogP contribution in [0, 0.1) is 17.2 Å². The minimum Gasteiger partial charge on any atom is -0.340 e. The molecule has 1 aromatic carbocycles. The first-order chi connectivity index (χ1) is 8.58. The van der Waals surface area contributed by atoms with Crippen LogP contribution in [0.15, 0.2) is 28.7 Å². The Balaban J connectivity index is 2.71. The van der Waals surface area contributed by atoms with Crippen LogP contribution in [0.4, 0.5) is 0 Å². The summed E-state index contributed by atoms with van der Waals surface area (Å²) in [6.45, 7) is 3.67. The minimum absolute atomic E-state index is 0.0534. The van der Waals surface area contributed by atoms with E-state index in [0.29, 0.717) is 6.42 Å². The highest BCUT2D eigenvalue weighted by atomic mass is 79.9. The lowest BCUT2D eigenvalue weighted by atomic mass is 9.96. The normalized spacial score (nSPS) is 13.4. The number of nitriles is 1. The zero-order valence-corrected chi connectivity index (χ0v) is 12.2. The number of nitrogens with one attached hydrogen (secondary N) is 1. The van der Waals surface area contributed by atoms with E-state index < -0.39 is 6.04 Å². The number of carbonyl (C=O) groups excluding carboxylic acids is 1. The maximum absolute atomic E-state index is 12.0. The molecule has 96 valence electrons. The van der Waals surface area contributed by atoms with E-state index in [-0.39, 0.29) is 11.8 Å². The lowest BCUT2D eigenvalue weighted by Crippen LogP contribution is -2.37. The number of hydrogen-bond acceptors (Lipinski definition) is 2. The molecule has 0 unspecified atom stereocenters. The Morgan fingerprint density at radius 2 is 2.17 bits per heavy atom. The molecule has 0 aromatic heterocycles. The Morgan fingerprint density at radius 1 is 1.50 bits per heavy atom. The monoisotopic (exact) mass is 308 g/mol. The van der Waals surface area contributed by atoms with Crippen molar-refractivity contribution in [2.75, 3.05) is 0 Å². The van der Waals surface area contributed by atoms with Gasteiger partial charge in [-0.3, -0.25) is 4.79 Å². The van der Waals surface area contributed by atoms with Gasteiger partial charge in [-0.25, -0.2) is 0 Å². The summed E-state index contributed by atoms with van der Waals surface area (Å²) in [5, 5.41) is 11.4. The fourth-order valence-corrected chi connectivity index (χ4v) is 2.16. The minimum atomic E-state index is -0.439. The molecule has 0 bridgehead atoms. The van der Waals surface area contributed by atoms with Crippen LogP contribution in [0.2, 0.25) is 0 Å². The summed E-state index contributed by atoms with van der Waals surface area (Å²) in [5.41, 5.74) is 1.11. The third-order valence-electron chi connectivity index (χ3n) is 2.84. The Labute approximate surface area is 116 Å². The van der Waals surface area contributed by atoms with Gasteiger partial charge in [0.15, 0.2) is 0 Å². The fraction of sp³-hybridized carbons (Fsp3) is 0.429. The first kappa shape index (κ1) is 14.7. The third kappa shape index (κ3) is 4.15. The van der Waals surface area contributed by atoms with Crippen molar-refractivity contribution >= 4 is 21.8 Å². The van der Waals surface area contributed by atoms with Crippen LogP contribution in [-0.2, 0) is 11.2 Å². The van der Waals surface area contributed by atoms with Gasteiger partial charge in [-0.2, -0.15) is 5.26 Å². The number of benzene rings is 1. The largest absolute Gasteiger partial charge is 0.340 e. The fourth-order valence-electron chi connectivity index (χ4n) is 1.72. The van der Waals surface area contributed by atoms with Crippen LogP contribution >= 0.6 is 15.9 Å². The van der Waals surface area contributed by atoms with E-state index in [9.17, 15) is 4.79 Å². The van der Waals surface area contributed by atoms with E-state index in [1.807, 2.05) is 37.3 Å². The smallest absolute Gasteiger partial charge is 0.224 e. The van der Waals surface area contributed by atoms with Crippen molar-refractivity contribution < 1.29 is 4.79 Å². The predicted octanol–water partition coefficient (Wildman–Crippen LogP) is 3.05. The molecule has 4 heteroatoms. The van der Waals surface area contributed by atoms with Crippen molar-refractivity contribution in [2.24, 2.45) is 5.92 Å². The molecule has 18 heavy (non-hydrogen) atoms. The highest BCUT2D eigenvalue weighted by Gasteiger charge is 2.19. The van der Waals surface area contributed by atoms with Crippen LogP contribution in [-0.4, -0.2) is 11.9 Å². The van der Waals surface area contributed by atoms with Crippen LogP contribution in [0.25, 0.3) is 0 Å². The molecule has 1 N–H and O–H groups in total. The van der Waals surface area contributed by atoms with Crippen LogP contribution in [0.3, 0.4) is 0 Å². The van der Waals surface area contributed by atoms with Gasteiger partial charge in [0.2, 0.25) is 5.91 Å². The molecule has 0 spiro atoms. The van der Waals surface area contributed by atoms with Crippen LogP contribution < -0.4 is 5.32 Å². The molecule has 1 amide bonds. The highest BCUT2D eigenvalue weighted by molar-refractivity contribution is 9.10. The summed E-state index contributed by atoms with van der Waals surface area (Å²) in [7, 11) is 0. The standard InChI is InChI=1S/C14H17BrN2O/c1-3-11(14(18)17-10(2)9-16)8-12-6-4-5-7-13(12)15/h4-7,10-11H,3,8H2,1-2H3,(H,17,18)/t10-,11+/m1/s1. The van der Waals surface area contributed by atoms with Gasteiger partial charge < -0.3 is 5.32 Å². The highest BCUT2D eigenvalue weighted by Crippen LogP contribution is 2.21. The van der Waals surface area contributed by atoms with E-state index in [4.69, 9.17) is 5.26 Å². The molecule has 0 aliphatic heterocycles. The number of halogens is 1. The van der Waals surface area contributed by atoms with Gasteiger partial charge in [0.1, 0.15) is 6.04 Å². The van der Waals surface area contributed by atoms with Crippen molar-refractivity contribution in [1.82, 2.24) is 5.32 Å². The molecule has 0 aliphatic rings. The average molecular weight is 309 g/mol. The van der Waals surface area contributed by atoms with Crippen molar-refractivity contribution in [3.05, 3.63) is 34.3 Å². The quantitative estimate of drug-likeness (QED) is 0.909. The lowest BCUT2D eigenvalue weighted by Gasteiger charge is -2.16. The summed E-state index contributed by atoms with van der Waals surface area (Å²) in [4.78, 5) is 12.0. The number of rotatable bonds is 5. The number of hydrogen-bond donors (Lipinski definition) is 1. The van der Waals surface area contributed by atoms with Crippen molar-refractivity contribution in [2.45, 2.75) is 32.7 Å². The van der Waals surface area contributed by atoms with E-state index in [1.165, 1.54) is 0 Å².